The van der Waals surface area contributed by atoms with Crippen LogP contribution in [0.1, 0.15) is 39.0 Å². The van der Waals surface area contributed by atoms with Crippen molar-refractivity contribution in [2.24, 2.45) is 0 Å². The molecule has 0 unspecified atom stereocenters. The molecule has 0 aromatic heterocycles. The fraction of sp³-hybridized carbons (Fsp3) is 0.909. The lowest BCUT2D eigenvalue weighted by molar-refractivity contribution is -0.128. The maximum absolute atomic E-state index is 11.2. The molecule has 0 aliphatic heterocycles. The number of rotatable bonds is 8. The molecule has 0 atom stereocenters. The predicted octanol–water partition coefficient (Wildman–Crippen LogP) is 2.06. The van der Waals surface area contributed by atoms with Crippen molar-refractivity contribution in [1.82, 2.24) is 4.90 Å². The van der Waals surface area contributed by atoms with Gasteiger partial charge >= 0.3 is 0 Å². The van der Waals surface area contributed by atoms with Gasteiger partial charge in [0.25, 0.3) is 0 Å². The highest BCUT2D eigenvalue weighted by molar-refractivity contribution is 5.75. The number of hydrogen-bond donors (Lipinski definition) is 0. The van der Waals surface area contributed by atoms with Crippen LogP contribution in [-0.2, 0) is 9.53 Å². The summed E-state index contributed by atoms with van der Waals surface area (Å²) in [5.74, 6) is 0.231. The SMILES string of the molecule is CCOCCCCCCC(=O)N(C)C. The largest absolute Gasteiger partial charge is 0.382 e. The Kier molecular flexibility index (Phi) is 8.64. The highest BCUT2D eigenvalue weighted by Gasteiger charge is 2.02. The summed E-state index contributed by atoms with van der Waals surface area (Å²) >= 11 is 0. The van der Waals surface area contributed by atoms with Crippen LogP contribution in [0, 0.1) is 0 Å². The average molecular weight is 201 g/mol. The van der Waals surface area contributed by atoms with Gasteiger partial charge in [0.05, 0.1) is 0 Å². The fourth-order valence-electron chi connectivity index (χ4n) is 1.20. The lowest BCUT2D eigenvalue weighted by atomic mass is 10.1. The number of carbonyl (C=O) groups is 1. The topological polar surface area (TPSA) is 29.5 Å². The van der Waals surface area contributed by atoms with Gasteiger partial charge in [-0.2, -0.15) is 0 Å². The summed E-state index contributed by atoms with van der Waals surface area (Å²) in [6.45, 7) is 3.67. The first-order valence-corrected chi connectivity index (χ1v) is 5.46. The van der Waals surface area contributed by atoms with Crippen molar-refractivity contribution in [3.05, 3.63) is 0 Å². The van der Waals surface area contributed by atoms with Gasteiger partial charge in [0.1, 0.15) is 0 Å². The van der Waals surface area contributed by atoms with E-state index in [2.05, 4.69) is 0 Å². The molecule has 3 heteroatoms. The zero-order chi connectivity index (χ0) is 10.8. The Balaban J connectivity index is 3.10. The standard InChI is InChI=1S/C11H23NO2/c1-4-14-10-8-6-5-7-9-11(13)12(2)3/h4-10H2,1-3H3. The van der Waals surface area contributed by atoms with Crippen LogP contribution in [0.3, 0.4) is 0 Å². The van der Waals surface area contributed by atoms with Gasteiger partial charge in [-0.3, -0.25) is 4.79 Å². The third kappa shape index (κ3) is 8.05. The van der Waals surface area contributed by atoms with Gasteiger partial charge in [0.2, 0.25) is 5.91 Å². The van der Waals surface area contributed by atoms with Gasteiger partial charge in [-0.1, -0.05) is 12.8 Å². The fourth-order valence-corrected chi connectivity index (χ4v) is 1.20. The van der Waals surface area contributed by atoms with E-state index in [0.717, 1.165) is 32.5 Å². The van der Waals surface area contributed by atoms with Crippen molar-refractivity contribution in [2.45, 2.75) is 39.0 Å². The van der Waals surface area contributed by atoms with Crippen molar-refractivity contribution in [3.63, 3.8) is 0 Å². The summed E-state index contributed by atoms with van der Waals surface area (Å²) in [5, 5.41) is 0. The molecule has 0 spiro atoms. The Labute approximate surface area is 87.4 Å². The molecule has 3 nitrogen and oxygen atoms in total. The molecular weight excluding hydrogens is 178 g/mol. The van der Waals surface area contributed by atoms with Gasteiger partial charge in [-0.05, 0) is 19.8 Å². The van der Waals surface area contributed by atoms with E-state index in [4.69, 9.17) is 4.74 Å². The van der Waals surface area contributed by atoms with Crippen LogP contribution < -0.4 is 0 Å². The van der Waals surface area contributed by atoms with Crippen molar-refractivity contribution < 1.29 is 9.53 Å². The summed E-state index contributed by atoms with van der Waals surface area (Å²) in [4.78, 5) is 12.8. The minimum atomic E-state index is 0.231. The zero-order valence-corrected chi connectivity index (χ0v) is 9.71. The van der Waals surface area contributed by atoms with E-state index in [1.807, 2.05) is 6.92 Å². The smallest absolute Gasteiger partial charge is 0.222 e. The molecule has 14 heavy (non-hydrogen) atoms. The highest BCUT2D eigenvalue weighted by atomic mass is 16.5. The molecule has 0 rings (SSSR count). The van der Waals surface area contributed by atoms with Crippen molar-refractivity contribution in [1.29, 1.82) is 0 Å². The Morgan fingerprint density at radius 2 is 1.79 bits per heavy atom. The lowest BCUT2D eigenvalue weighted by Crippen LogP contribution is -2.20. The van der Waals surface area contributed by atoms with Gasteiger partial charge in [-0.25, -0.2) is 0 Å². The highest BCUT2D eigenvalue weighted by Crippen LogP contribution is 2.04. The molecule has 0 N–H and O–H groups in total. The maximum atomic E-state index is 11.2. The van der Waals surface area contributed by atoms with E-state index in [-0.39, 0.29) is 5.91 Å². The van der Waals surface area contributed by atoms with Gasteiger partial charge in [0, 0.05) is 33.7 Å². The van der Waals surface area contributed by atoms with Crippen LogP contribution >= 0.6 is 0 Å². The van der Waals surface area contributed by atoms with Crippen LogP contribution in [-0.4, -0.2) is 38.1 Å². The number of nitrogens with zero attached hydrogens (tertiary/aromatic N) is 1. The first-order valence-electron chi connectivity index (χ1n) is 5.46. The van der Waals surface area contributed by atoms with E-state index < -0.39 is 0 Å². The molecule has 0 saturated carbocycles. The number of unbranched alkanes of at least 4 members (excludes halogenated alkanes) is 3. The molecule has 1 amide bonds. The number of carbonyl (C=O) groups excluding carboxylic acids is 1. The third-order valence-corrected chi connectivity index (χ3v) is 2.13. The van der Waals surface area contributed by atoms with Crippen LogP contribution in [0.4, 0.5) is 0 Å². The molecule has 0 saturated heterocycles. The van der Waals surface area contributed by atoms with Crippen molar-refractivity contribution >= 4 is 5.91 Å². The molecule has 84 valence electrons. The molecule has 0 aliphatic carbocycles. The van der Waals surface area contributed by atoms with Crippen LogP contribution in [0.25, 0.3) is 0 Å². The second kappa shape index (κ2) is 9.00. The zero-order valence-electron chi connectivity index (χ0n) is 9.71. The Hall–Kier alpha value is -0.570. The second-order valence-corrected chi connectivity index (χ2v) is 3.65. The predicted molar refractivity (Wildman–Crippen MR) is 58.3 cm³/mol. The van der Waals surface area contributed by atoms with E-state index in [9.17, 15) is 4.79 Å². The molecule has 0 bridgehead atoms. The van der Waals surface area contributed by atoms with Gasteiger partial charge < -0.3 is 9.64 Å². The van der Waals surface area contributed by atoms with Gasteiger partial charge in [0.15, 0.2) is 0 Å². The second-order valence-electron chi connectivity index (χ2n) is 3.65. The Morgan fingerprint density at radius 3 is 2.36 bits per heavy atom. The summed E-state index contributed by atoms with van der Waals surface area (Å²) in [5.41, 5.74) is 0. The monoisotopic (exact) mass is 201 g/mol. The minimum Gasteiger partial charge on any atom is -0.382 e. The Morgan fingerprint density at radius 1 is 1.14 bits per heavy atom. The maximum Gasteiger partial charge on any atom is 0.222 e. The number of hydrogen-bond acceptors (Lipinski definition) is 2. The van der Waals surface area contributed by atoms with E-state index in [1.54, 1.807) is 19.0 Å². The van der Waals surface area contributed by atoms with Crippen LogP contribution in [0.5, 0.6) is 0 Å². The molecular formula is C11H23NO2. The quantitative estimate of drug-likeness (QED) is 0.563. The lowest BCUT2D eigenvalue weighted by Gasteiger charge is -2.09. The molecule has 0 aromatic rings. The number of amides is 1. The molecule has 0 aromatic carbocycles. The van der Waals surface area contributed by atoms with Gasteiger partial charge in [-0.15, -0.1) is 0 Å². The third-order valence-electron chi connectivity index (χ3n) is 2.13. The summed E-state index contributed by atoms with van der Waals surface area (Å²) < 4.78 is 5.22. The first kappa shape index (κ1) is 13.4. The minimum absolute atomic E-state index is 0.231. The molecule has 0 fully saturated rings. The van der Waals surface area contributed by atoms with Crippen LogP contribution in [0.2, 0.25) is 0 Å². The molecule has 0 radical (unpaired) electrons. The first-order chi connectivity index (χ1) is 6.68. The normalized spacial score (nSPS) is 10.2. The van der Waals surface area contributed by atoms with Crippen molar-refractivity contribution in [2.75, 3.05) is 27.3 Å². The van der Waals surface area contributed by atoms with E-state index >= 15 is 0 Å². The molecule has 0 heterocycles. The average Bonchev–Trinajstić information content (AvgIpc) is 2.16. The van der Waals surface area contributed by atoms with E-state index in [1.165, 1.54) is 6.42 Å². The van der Waals surface area contributed by atoms with E-state index in [0.29, 0.717) is 6.42 Å². The summed E-state index contributed by atoms with van der Waals surface area (Å²) in [6, 6.07) is 0. The Bertz CT molecular complexity index is 146. The van der Waals surface area contributed by atoms with Crippen LogP contribution in [0.15, 0.2) is 0 Å². The number of ether oxygens (including phenoxy) is 1. The van der Waals surface area contributed by atoms with Crippen molar-refractivity contribution in [3.8, 4) is 0 Å². The molecule has 0 aliphatic rings. The summed E-state index contributed by atoms with van der Waals surface area (Å²) in [6.07, 6.45) is 5.10. The summed E-state index contributed by atoms with van der Waals surface area (Å²) in [7, 11) is 3.61.